The van der Waals surface area contributed by atoms with Gasteiger partial charge >= 0.3 is 5.97 Å². The first-order valence-corrected chi connectivity index (χ1v) is 9.01. The maximum atomic E-state index is 12.0. The van der Waals surface area contributed by atoms with Crippen LogP contribution >= 0.6 is 23.4 Å². The fourth-order valence-electron chi connectivity index (χ4n) is 2.00. The quantitative estimate of drug-likeness (QED) is 0.741. The van der Waals surface area contributed by atoms with Gasteiger partial charge < -0.3 is 10.1 Å². The number of carbonyl (C=O) groups excluding carboxylic acids is 2. The summed E-state index contributed by atoms with van der Waals surface area (Å²) in [6.07, 6.45) is 0. The SMILES string of the molecule is CCOC(=O)c1cc(NC(=O)CSCc2ccccc2)ccc1Cl. The Morgan fingerprint density at radius 1 is 1.17 bits per heavy atom. The van der Waals surface area contributed by atoms with Crippen LogP contribution in [0.5, 0.6) is 0 Å². The molecule has 1 N–H and O–H groups in total. The van der Waals surface area contributed by atoms with Gasteiger partial charge in [-0.15, -0.1) is 11.8 Å². The van der Waals surface area contributed by atoms with E-state index in [1.54, 1.807) is 19.1 Å². The van der Waals surface area contributed by atoms with Crippen LogP contribution in [0, 0.1) is 0 Å². The zero-order chi connectivity index (χ0) is 17.4. The fraction of sp³-hybridized carbons (Fsp3) is 0.222. The van der Waals surface area contributed by atoms with Gasteiger partial charge in [0.2, 0.25) is 5.91 Å². The number of rotatable bonds is 7. The lowest BCUT2D eigenvalue weighted by molar-refractivity contribution is -0.113. The number of nitrogens with one attached hydrogen (secondary N) is 1. The molecule has 0 saturated heterocycles. The molecule has 0 aliphatic heterocycles. The lowest BCUT2D eigenvalue weighted by atomic mass is 10.2. The van der Waals surface area contributed by atoms with Crippen molar-refractivity contribution in [2.75, 3.05) is 17.7 Å². The van der Waals surface area contributed by atoms with Crippen LogP contribution in [0.4, 0.5) is 5.69 Å². The van der Waals surface area contributed by atoms with E-state index in [-0.39, 0.29) is 18.1 Å². The molecule has 2 aromatic carbocycles. The third-order valence-corrected chi connectivity index (χ3v) is 4.42. The van der Waals surface area contributed by atoms with E-state index in [0.29, 0.717) is 16.5 Å². The second-order valence-corrected chi connectivity index (χ2v) is 6.33. The summed E-state index contributed by atoms with van der Waals surface area (Å²) >= 11 is 7.52. The molecule has 2 rings (SSSR count). The van der Waals surface area contributed by atoms with Gasteiger partial charge in [-0.05, 0) is 30.7 Å². The number of esters is 1. The zero-order valence-electron chi connectivity index (χ0n) is 13.3. The van der Waals surface area contributed by atoms with Gasteiger partial charge in [0.25, 0.3) is 0 Å². The number of amides is 1. The van der Waals surface area contributed by atoms with E-state index in [9.17, 15) is 9.59 Å². The first-order chi connectivity index (χ1) is 11.6. The molecule has 0 fully saturated rings. The third-order valence-electron chi connectivity index (χ3n) is 3.09. The number of hydrogen-bond donors (Lipinski definition) is 1. The maximum Gasteiger partial charge on any atom is 0.339 e. The summed E-state index contributed by atoms with van der Waals surface area (Å²) in [5, 5.41) is 3.06. The fourth-order valence-corrected chi connectivity index (χ4v) is 2.98. The number of thioether (sulfide) groups is 1. The van der Waals surface area contributed by atoms with Crippen LogP contribution in [-0.2, 0) is 15.3 Å². The van der Waals surface area contributed by atoms with E-state index in [2.05, 4.69) is 5.32 Å². The van der Waals surface area contributed by atoms with Crippen LogP contribution in [-0.4, -0.2) is 24.2 Å². The molecular weight excluding hydrogens is 346 g/mol. The highest BCUT2D eigenvalue weighted by molar-refractivity contribution is 7.99. The zero-order valence-corrected chi connectivity index (χ0v) is 14.8. The molecule has 0 radical (unpaired) electrons. The summed E-state index contributed by atoms with van der Waals surface area (Å²) in [7, 11) is 0. The largest absolute Gasteiger partial charge is 0.462 e. The molecule has 0 unspecified atom stereocenters. The van der Waals surface area contributed by atoms with Crippen molar-refractivity contribution < 1.29 is 14.3 Å². The van der Waals surface area contributed by atoms with Crippen molar-refractivity contribution in [3.63, 3.8) is 0 Å². The minimum Gasteiger partial charge on any atom is -0.462 e. The highest BCUT2D eigenvalue weighted by Gasteiger charge is 2.13. The first-order valence-electron chi connectivity index (χ1n) is 7.48. The number of benzene rings is 2. The molecule has 2 aromatic rings. The van der Waals surface area contributed by atoms with Crippen LogP contribution in [0.3, 0.4) is 0 Å². The molecule has 0 atom stereocenters. The molecule has 0 saturated carbocycles. The molecule has 4 nitrogen and oxygen atoms in total. The summed E-state index contributed by atoms with van der Waals surface area (Å²) in [4.78, 5) is 23.8. The second kappa shape index (κ2) is 9.35. The lowest BCUT2D eigenvalue weighted by Crippen LogP contribution is -2.15. The molecule has 0 aliphatic rings. The van der Waals surface area contributed by atoms with Gasteiger partial charge in [-0.1, -0.05) is 41.9 Å². The predicted molar refractivity (Wildman–Crippen MR) is 98.6 cm³/mol. The van der Waals surface area contributed by atoms with E-state index >= 15 is 0 Å². The molecule has 0 aliphatic carbocycles. The Kier molecular flexibility index (Phi) is 7.15. The highest BCUT2D eigenvalue weighted by Crippen LogP contribution is 2.22. The van der Waals surface area contributed by atoms with Gasteiger partial charge in [0.1, 0.15) is 0 Å². The summed E-state index contributed by atoms with van der Waals surface area (Å²) < 4.78 is 4.94. The van der Waals surface area contributed by atoms with Crippen molar-refractivity contribution in [3.8, 4) is 0 Å². The monoisotopic (exact) mass is 363 g/mol. The highest BCUT2D eigenvalue weighted by atomic mass is 35.5. The standard InChI is InChI=1S/C18H18ClNO3S/c1-2-23-18(22)15-10-14(8-9-16(15)19)20-17(21)12-24-11-13-6-4-3-5-7-13/h3-10H,2,11-12H2,1H3,(H,20,21). The minimum absolute atomic E-state index is 0.131. The minimum atomic E-state index is -0.503. The van der Waals surface area contributed by atoms with Crippen molar-refractivity contribution in [1.82, 2.24) is 0 Å². The molecule has 126 valence electrons. The van der Waals surface area contributed by atoms with Crippen molar-refractivity contribution >= 4 is 40.9 Å². The summed E-state index contributed by atoms with van der Waals surface area (Å²) in [6, 6.07) is 14.7. The van der Waals surface area contributed by atoms with E-state index in [4.69, 9.17) is 16.3 Å². The Morgan fingerprint density at radius 2 is 1.92 bits per heavy atom. The van der Waals surface area contributed by atoms with Gasteiger partial charge in [-0.2, -0.15) is 0 Å². The molecule has 0 bridgehead atoms. The van der Waals surface area contributed by atoms with Crippen molar-refractivity contribution in [3.05, 3.63) is 64.7 Å². The van der Waals surface area contributed by atoms with Crippen LogP contribution in [0.1, 0.15) is 22.8 Å². The van der Waals surface area contributed by atoms with Gasteiger partial charge in [0.15, 0.2) is 0 Å². The Hall–Kier alpha value is -1.98. The molecular formula is C18H18ClNO3S. The summed E-state index contributed by atoms with van der Waals surface area (Å²) in [5.74, 6) is 0.458. The normalized spacial score (nSPS) is 10.2. The molecule has 0 heterocycles. The van der Waals surface area contributed by atoms with Crippen LogP contribution in [0.2, 0.25) is 5.02 Å². The molecule has 6 heteroatoms. The number of ether oxygens (including phenoxy) is 1. The molecule has 1 amide bonds. The number of hydrogen-bond acceptors (Lipinski definition) is 4. The predicted octanol–water partition coefficient (Wildman–Crippen LogP) is 4.39. The smallest absolute Gasteiger partial charge is 0.339 e. The Labute approximate surface area is 150 Å². The van der Waals surface area contributed by atoms with E-state index in [0.717, 1.165) is 5.75 Å². The van der Waals surface area contributed by atoms with E-state index in [1.807, 2.05) is 30.3 Å². The average molecular weight is 364 g/mol. The van der Waals surface area contributed by atoms with Crippen molar-refractivity contribution in [2.24, 2.45) is 0 Å². The van der Waals surface area contributed by atoms with Crippen molar-refractivity contribution in [2.45, 2.75) is 12.7 Å². The van der Waals surface area contributed by atoms with Gasteiger partial charge in [0, 0.05) is 11.4 Å². The number of halogens is 1. The van der Waals surface area contributed by atoms with Gasteiger partial charge in [-0.3, -0.25) is 4.79 Å². The Bertz CT molecular complexity index is 707. The summed E-state index contributed by atoms with van der Waals surface area (Å²) in [5.41, 5.74) is 1.94. The van der Waals surface area contributed by atoms with Crippen LogP contribution < -0.4 is 5.32 Å². The van der Waals surface area contributed by atoms with Gasteiger partial charge in [-0.25, -0.2) is 4.79 Å². The molecule has 24 heavy (non-hydrogen) atoms. The first kappa shape index (κ1) is 18.4. The van der Waals surface area contributed by atoms with Crippen LogP contribution in [0.25, 0.3) is 0 Å². The van der Waals surface area contributed by atoms with Crippen molar-refractivity contribution in [1.29, 1.82) is 0 Å². The second-order valence-electron chi connectivity index (χ2n) is 4.94. The maximum absolute atomic E-state index is 12.0. The van der Waals surface area contributed by atoms with E-state index < -0.39 is 5.97 Å². The lowest BCUT2D eigenvalue weighted by Gasteiger charge is -2.09. The van der Waals surface area contributed by atoms with E-state index in [1.165, 1.54) is 23.4 Å². The Balaban J connectivity index is 1.89. The van der Waals surface area contributed by atoms with Gasteiger partial charge in [0.05, 0.1) is 22.9 Å². The topological polar surface area (TPSA) is 55.4 Å². The summed E-state index contributed by atoms with van der Waals surface area (Å²) in [6.45, 7) is 1.99. The van der Waals surface area contributed by atoms with Crippen LogP contribution in [0.15, 0.2) is 48.5 Å². The molecule has 0 spiro atoms. The molecule has 0 aromatic heterocycles. The number of carbonyl (C=O) groups is 2. The average Bonchev–Trinajstić information content (AvgIpc) is 2.58. The number of anilines is 1. The Morgan fingerprint density at radius 3 is 2.62 bits per heavy atom. The third kappa shape index (κ3) is 5.58.